The Labute approximate surface area is 75.2 Å². The minimum atomic E-state index is 1.12. The first-order chi connectivity index (χ1) is 3.91. The Kier molecular flexibility index (Phi) is 10.5. The fourth-order valence-corrected chi connectivity index (χ4v) is 4.39. The molecule has 0 heterocycles. The van der Waals surface area contributed by atoms with Crippen molar-refractivity contribution >= 4 is 53.4 Å². The highest BCUT2D eigenvalue weighted by Gasteiger charge is 1.95. The van der Waals surface area contributed by atoms with Crippen molar-refractivity contribution in [3.8, 4) is 0 Å². The lowest BCUT2D eigenvalue weighted by Gasteiger charge is -1.82. The van der Waals surface area contributed by atoms with Crippen LogP contribution in [0.15, 0.2) is 0 Å². The maximum Gasteiger partial charge on any atom is 0.127 e. The van der Waals surface area contributed by atoms with Crippen LogP contribution in [-0.4, -0.2) is 22.2 Å². The molecule has 0 amide bonds. The Bertz CT molecular complexity index is 37.0. The average molecular weight is 281 g/mol. The van der Waals surface area contributed by atoms with E-state index in [0.717, 1.165) is 10.7 Å². The van der Waals surface area contributed by atoms with Crippen LogP contribution in [0, 0.1) is 0 Å². The number of hydrogen-bond acceptors (Lipinski definition) is 1. The summed E-state index contributed by atoms with van der Waals surface area (Å²) in [6.45, 7) is 0. The van der Waals surface area contributed by atoms with Gasteiger partial charge in [0.1, 0.15) is 5.75 Å². The summed E-state index contributed by atoms with van der Waals surface area (Å²) in [6, 6.07) is 0. The lowest BCUT2D eigenvalue weighted by atomic mass is 11.0. The highest BCUT2D eigenvalue weighted by atomic mass is 79.9. The molecule has 0 aromatic heterocycles. The zero-order chi connectivity index (χ0) is 6.24. The predicted octanol–water partition coefficient (Wildman–Crippen LogP) is 2.24. The summed E-state index contributed by atoms with van der Waals surface area (Å²) in [5, 5.41) is 2.25. The second kappa shape index (κ2) is 8.66. The normalized spacial score (nSPS) is 9.75. The summed E-state index contributed by atoms with van der Waals surface area (Å²) in [5.74, 6) is 2.49. The van der Waals surface area contributed by atoms with Gasteiger partial charge in [0.25, 0.3) is 0 Å². The molecule has 0 atom stereocenters. The van der Waals surface area contributed by atoms with E-state index < -0.39 is 0 Å². The number of thiol groups is 1. The molecule has 0 unspecified atom stereocenters. The van der Waals surface area contributed by atoms with Gasteiger partial charge in [-0.1, -0.05) is 31.9 Å². The Balaban J connectivity index is 2.53. The first-order valence-electron chi connectivity index (χ1n) is 2.32. The zero-order valence-electron chi connectivity index (χ0n) is 4.44. The predicted molar refractivity (Wildman–Crippen MR) is 53.7 cm³/mol. The van der Waals surface area contributed by atoms with E-state index in [4.69, 9.17) is 0 Å². The molecule has 0 aliphatic carbocycles. The topological polar surface area (TPSA) is 0 Å². The molecule has 0 fully saturated rings. The molecule has 0 bridgehead atoms. The molecule has 50 valence electrons. The molecule has 4 heteroatoms. The Morgan fingerprint density at radius 2 is 2.00 bits per heavy atom. The molecular weight excluding hydrogens is 272 g/mol. The van der Waals surface area contributed by atoms with Gasteiger partial charge in [-0.2, -0.15) is 0 Å². The second-order valence-electron chi connectivity index (χ2n) is 1.06. The fourth-order valence-electron chi connectivity index (χ4n) is 0.198. The van der Waals surface area contributed by atoms with Crippen molar-refractivity contribution in [2.75, 3.05) is 22.2 Å². The van der Waals surface area contributed by atoms with E-state index >= 15 is 0 Å². The number of rotatable bonds is 5. The van der Waals surface area contributed by atoms with Crippen molar-refractivity contribution in [1.82, 2.24) is 0 Å². The summed E-state index contributed by atoms with van der Waals surface area (Å²) < 4.78 is 0. The first-order valence-corrected chi connectivity index (χ1v) is 7.24. The monoisotopic (exact) mass is 279 g/mol. The maximum absolute atomic E-state index is 3.37. The van der Waals surface area contributed by atoms with Crippen LogP contribution in [0.1, 0.15) is 0 Å². The number of halogens is 2. The van der Waals surface area contributed by atoms with Crippen LogP contribution >= 0.6 is 42.7 Å². The van der Waals surface area contributed by atoms with Crippen molar-refractivity contribution < 1.29 is 0 Å². The van der Waals surface area contributed by atoms with Crippen molar-refractivity contribution in [3.63, 3.8) is 0 Å². The van der Waals surface area contributed by atoms with Gasteiger partial charge in [0.2, 0.25) is 0 Å². The summed E-state index contributed by atoms with van der Waals surface area (Å²) in [7, 11) is 3.47. The van der Waals surface area contributed by atoms with Crippen LogP contribution in [0.5, 0.6) is 0 Å². The second-order valence-corrected chi connectivity index (χ2v) is 5.57. The van der Waals surface area contributed by atoms with Gasteiger partial charge in [-0.25, -0.2) is 0 Å². The van der Waals surface area contributed by atoms with Crippen molar-refractivity contribution in [2.45, 2.75) is 0 Å². The van der Waals surface area contributed by atoms with E-state index in [1.54, 1.807) is 0 Å². The molecule has 8 heavy (non-hydrogen) atoms. The smallest absolute Gasteiger partial charge is 0.0917 e. The van der Waals surface area contributed by atoms with Crippen molar-refractivity contribution in [3.05, 3.63) is 0 Å². The van der Waals surface area contributed by atoms with Gasteiger partial charge in [0.15, 0.2) is 0 Å². The van der Waals surface area contributed by atoms with E-state index in [0.29, 0.717) is 0 Å². The van der Waals surface area contributed by atoms with Gasteiger partial charge in [-0.15, -0.1) is 0 Å². The lowest BCUT2D eigenvalue weighted by Crippen LogP contribution is -1.86. The highest BCUT2D eigenvalue weighted by Crippen LogP contribution is 2.04. The largest absolute Gasteiger partial charge is 0.127 e. The summed E-state index contributed by atoms with van der Waals surface area (Å²) in [4.78, 5) is 0. The van der Waals surface area contributed by atoms with E-state index in [9.17, 15) is 0 Å². The van der Waals surface area contributed by atoms with E-state index in [-0.39, 0.29) is 0 Å². The molecule has 0 saturated carbocycles. The van der Waals surface area contributed by atoms with Gasteiger partial charge < -0.3 is 0 Å². The molecule has 0 spiro atoms. The third-order valence-electron chi connectivity index (χ3n) is 0.436. The highest BCUT2D eigenvalue weighted by molar-refractivity contribution is 9.09. The third kappa shape index (κ3) is 7.66. The summed E-state index contributed by atoms with van der Waals surface area (Å²) >= 11 is 6.73. The molecular formula is C4H9Br2S2+. The fraction of sp³-hybridized carbons (Fsp3) is 1.00. The molecule has 0 aliphatic rings. The van der Waals surface area contributed by atoms with Crippen LogP contribution in [0.3, 0.4) is 0 Å². The molecule has 0 rings (SSSR count). The third-order valence-corrected chi connectivity index (χ3v) is 4.98. The van der Waals surface area contributed by atoms with Crippen LogP contribution in [0.2, 0.25) is 0 Å². The Morgan fingerprint density at radius 1 is 1.25 bits per heavy atom. The van der Waals surface area contributed by atoms with Gasteiger partial charge in [0.05, 0.1) is 16.5 Å². The van der Waals surface area contributed by atoms with Crippen molar-refractivity contribution in [1.29, 1.82) is 0 Å². The van der Waals surface area contributed by atoms with E-state index in [1.807, 2.05) is 10.8 Å². The number of hydrogen-bond donors (Lipinski definition) is 0. The Morgan fingerprint density at radius 3 is 2.50 bits per heavy atom. The minimum Gasteiger partial charge on any atom is -0.0917 e. The molecule has 0 aliphatic heterocycles. The summed E-state index contributed by atoms with van der Waals surface area (Å²) in [6.07, 6.45) is 0. The maximum atomic E-state index is 3.37. The lowest BCUT2D eigenvalue weighted by molar-refractivity contribution is 1.58. The first kappa shape index (κ1) is 9.66. The molecule has 0 N–H and O–H groups in total. The molecule has 0 aromatic carbocycles. The van der Waals surface area contributed by atoms with Crippen molar-refractivity contribution in [2.24, 2.45) is 0 Å². The Hall–Kier alpha value is 1.66. The van der Waals surface area contributed by atoms with E-state index in [1.165, 1.54) is 22.3 Å². The van der Waals surface area contributed by atoms with Gasteiger partial charge in [-0.05, 0) is 0 Å². The summed E-state index contributed by atoms with van der Waals surface area (Å²) in [5.41, 5.74) is 0. The van der Waals surface area contributed by atoms with E-state index in [2.05, 4.69) is 31.9 Å². The molecule has 0 aromatic rings. The van der Waals surface area contributed by atoms with Gasteiger partial charge in [-0.3, -0.25) is 0 Å². The quantitative estimate of drug-likeness (QED) is 0.245. The average Bonchev–Trinajstić information content (AvgIpc) is 1.81. The zero-order valence-corrected chi connectivity index (χ0v) is 9.32. The minimum absolute atomic E-state index is 1.12. The number of alkyl halides is 2. The standard InChI is InChI=1S/C4H8Br2S2/c5-1-3-7-8-4-2-6/h1-4H2/p+1. The SMILES string of the molecule is BrCCS[SH+]CCBr. The van der Waals surface area contributed by atoms with Gasteiger partial charge >= 0.3 is 0 Å². The van der Waals surface area contributed by atoms with Crippen LogP contribution in [0.4, 0.5) is 0 Å². The molecule has 0 radical (unpaired) electrons. The van der Waals surface area contributed by atoms with Gasteiger partial charge in [0, 0.05) is 21.5 Å². The molecule has 0 nitrogen and oxygen atoms in total. The van der Waals surface area contributed by atoms with Crippen LogP contribution < -0.4 is 0 Å². The molecule has 0 saturated heterocycles. The van der Waals surface area contributed by atoms with Crippen LogP contribution in [-0.2, 0) is 10.8 Å². The van der Waals surface area contributed by atoms with Crippen LogP contribution in [0.25, 0.3) is 0 Å².